The van der Waals surface area contributed by atoms with Gasteiger partial charge in [0.05, 0.1) is 13.0 Å². The fraction of sp³-hybridized carbons (Fsp3) is 0.692. The van der Waals surface area contributed by atoms with Crippen LogP contribution in [0.4, 0.5) is 9.18 Å². The molecule has 0 saturated carbocycles. The van der Waals surface area contributed by atoms with E-state index in [1.54, 1.807) is 20.8 Å². The molecule has 0 aromatic rings. The van der Waals surface area contributed by atoms with Gasteiger partial charge in [-0.25, -0.2) is 9.18 Å². The molecule has 0 aliphatic heterocycles. The minimum absolute atomic E-state index is 0.111. The van der Waals surface area contributed by atoms with Crippen molar-refractivity contribution in [1.29, 1.82) is 0 Å². The summed E-state index contributed by atoms with van der Waals surface area (Å²) < 4.78 is 17.1. The first kappa shape index (κ1) is 19.8. The maximum atomic E-state index is 12.4. The number of rotatable bonds is 9. The van der Waals surface area contributed by atoms with Gasteiger partial charge in [-0.3, -0.25) is 14.4 Å². The molecule has 0 heterocycles. The molecule has 0 aliphatic rings. The summed E-state index contributed by atoms with van der Waals surface area (Å²) in [5.41, 5.74) is 0. The van der Waals surface area contributed by atoms with Gasteiger partial charge in [-0.05, 0) is 12.8 Å². The second-order valence-corrected chi connectivity index (χ2v) is 4.85. The molecule has 22 heavy (non-hydrogen) atoms. The lowest BCUT2D eigenvalue weighted by atomic mass is 10.0. The number of hydrogen-bond acceptors (Lipinski definition) is 5. The highest BCUT2D eigenvalue weighted by Gasteiger charge is 2.30. The third-order valence-electron chi connectivity index (χ3n) is 2.71. The molecule has 0 aromatic heterocycles. The second-order valence-electron chi connectivity index (χ2n) is 4.85. The molecule has 2 atom stereocenters. The number of carboxylic acid groups (broad SMARTS) is 1. The Hall–Kier alpha value is -2.19. The highest BCUT2D eigenvalue weighted by molar-refractivity contribution is 5.94. The first-order chi connectivity index (χ1) is 10.2. The topological polar surface area (TPSA) is 122 Å². The molecule has 126 valence electrons. The zero-order chi connectivity index (χ0) is 17.3. The SMILES string of the molecule is CCOC(=O)N[C@H](C(=O)NC(CC(=O)O)C(=O)CF)C(C)C. The summed E-state index contributed by atoms with van der Waals surface area (Å²) in [4.78, 5) is 45.5. The van der Waals surface area contributed by atoms with Crippen LogP contribution in [0.5, 0.6) is 0 Å². The van der Waals surface area contributed by atoms with Gasteiger partial charge in [0.1, 0.15) is 18.8 Å². The zero-order valence-corrected chi connectivity index (χ0v) is 12.7. The van der Waals surface area contributed by atoms with Crippen molar-refractivity contribution >= 4 is 23.8 Å². The van der Waals surface area contributed by atoms with Gasteiger partial charge in [-0.2, -0.15) is 0 Å². The summed E-state index contributed by atoms with van der Waals surface area (Å²) in [5, 5.41) is 13.1. The summed E-state index contributed by atoms with van der Waals surface area (Å²) in [7, 11) is 0. The molecule has 0 rings (SSSR count). The van der Waals surface area contributed by atoms with Crippen molar-refractivity contribution in [3.8, 4) is 0 Å². The Kier molecular flexibility index (Phi) is 8.73. The van der Waals surface area contributed by atoms with Crippen LogP contribution in [0.1, 0.15) is 27.2 Å². The third kappa shape index (κ3) is 7.00. The highest BCUT2D eigenvalue weighted by atomic mass is 19.1. The van der Waals surface area contributed by atoms with E-state index < -0.39 is 48.9 Å². The number of alkyl carbamates (subject to hydrolysis) is 1. The molecule has 3 N–H and O–H groups in total. The summed E-state index contributed by atoms with van der Waals surface area (Å²) in [6.45, 7) is 3.59. The van der Waals surface area contributed by atoms with Crippen LogP contribution in [0, 0.1) is 5.92 Å². The number of carbonyl (C=O) groups is 4. The van der Waals surface area contributed by atoms with Crippen LogP contribution in [0.15, 0.2) is 0 Å². The number of halogens is 1. The van der Waals surface area contributed by atoms with Crippen molar-refractivity contribution in [2.45, 2.75) is 39.3 Å². The average molecular weight is 320 g/mol. The van der Waals surface area contributed by atoms with E-state index >= 15 is 0 Å². The van der Waals surface area contributed by atoms with Gasteiger partial charge in [-0.15, -0.1) is 0 Å². The van der Waals surface area contributed by atoms with Crippen molar-refractivity contribution in [3.05, 3.63) is 0 Å². The van der Waals surface area contributed by atoms with Gasteiger partial charge in [-0.1, -0.05) is 13.8 Å². The van der Waals surface area contributed by atoms with E-state index in [0.717, 1.165) is 0 Å². The lowest BCUT2D eigenvalue weighted by molar-refractivity contribution is -0.140. The number of nitrogens with one attached hydrogen (secondary N) is 2. The van der Waals surface area contributed by atoms with Crippen LogP contribution >= 0.6 is 0 Å². The molecule has 0 aromatic carbocycles. The molecule has 2 amide bonds. The number of Topliss-reactive ketones (excluding diaryl/α,β-unsaturated/α-hetero) is 1. The minimum atomic E-state index is -1.49. The van der Waals surface area contributed by atoms with Gasteiger partial charge in [0.2, 0.25) is 5.91 Å². The predicted molar refractivity (Wildman–Crippen MR) is 73.9 cm³/mol. The van der Waals surface area contributed by atoms with Crippen LogP contribution in [-0.2, 0) is 19.1 Å². The number of ketones is 1. The van der Waals surface area contributed by atoms with E-state index in [1.165, 1.54) is 0 Å². The maximum absolute atomic E-state index is 12.4. The molecule has 0 bridgehead atoms. The summed E-state index contributed by atoms with van der Waals surface area (Å²) >= 11 is 0. The lowest BCUT2D eigenvalue weighted by Gasteiger charge is -2.23. The van der Waals surface area contributed by atoms with E-state index in [2.05, 4.69) is 15.4 Å². The molecule has 0 aliphatic carbocycles. The van der Waals surface area contributed by atoms with Crippen molar-refractivity contribution in [2.75, 3.05) is 13.3 Å². The Labute approximate surface area is 127 Å². The molecular weight excluding hydrogens is 299 g/mol. The number of carboxylic acids is 1. The van der Waals surface area contributed by atoms with Crippen molar-refractivity contribution < 1.29 is 33.4 Å². The quantitative estimate of drug-likeness (QED) is 0.560. The summed E-state index contributed by atoms with van der Waals surface area (Å²) in [6, 6.07) is -2.52. The Bertz CT molecular complexity index is 427. The first-order valence-corrected chi connectivity index (χ1v) is 6.77. The smallest absolute Gasteiger partial charge is 0.407 e. The Morgan fingerprint density at radius 1 is 1.18 bits per heavy atom. The normalized spacial score (nSPS) is 13.1. The van der Waals surface area contributed by atoms with Crippen LogP contribution in [0.3, 0.4) is 0 Å². The number of alkyl halides is 1. The molecule has 0 radical (unpaired) electrons. The minimum Gasteiger partial charge on any atom is -0.481 e. The highest BCUT2D eigenvalue weighted by Crippen LogP contribution is 2.05. The first-order valence-electron chi connectivity index (χ1n) is 6.77. The van der Waals surface area contributed by atoms with E-state index in [1.807, 2.05) is 0 Å². The van der Waals surface area contributed by atoms with Gasteiger partial charge in [0.25, 0.3) is 0 Å². The number of aliphatic carboxylic acids is 1. The van der Waals surface area contributed by atoms with Gasteiger partial charge < -0.3 is 20.5 Å². The molecular formula is C13H21FN2O6. The molecule has 0 fully saturated rings. The van der Waals surface area contributed by atoms with E-state index in [0.29, 0.717) is 0 Å². The Morgan fingerprint density at radius 3 is 2.18 bits per heavy atom. The Balaban J connectivity index is 4.93. The molecule has 1 unspecified atom stereocenters. The maximum Gasteiger partial charge on any atom is 0.407 e. The fourth-order valence-corrected chi connectivity index (χ4v) is 1.61. The third-order valence-corrected chi connectivity index (χ3v) is 2.71. The number of amides is 2. The van der Waals surface area contributed by atoms with Crippen molar-refractivity contribution in [1.82, 2.24) is 10.6 Å². The average Bonchev–Trinajstić information content (AvgIpc) is 2.42. The number of hydrogen-bond donors (Lipinski definition) is 3. The van der Waals surface area contributed by atoms with Crippen LogP contribution in [0.2, 0.25) is 0 Å². The van der Waals surface area contributed by atoms with Gasteiger partial charge >= 0.3 is 12.1 Å². The van der Waals surface area contributed by atoms with Crippen LogP contribution < -0.4 is 10.6 Å². The Morgan fingerprint density at radius 2 is 1.77 bits per heavy atom. The molecule has 0 spiro atoms. The zero-order valence-electron chi connectivity index (χ0n) is 12.7. The van der Waals surface area contributed by atoms with E-state index in [4.69, 9.17) is 5.11 Å². The monoisotopic (exact) mass is 320 g/mol. The molecule has 0 saturated heterocycles. The van der Waals surface area contributed by atoms with E-state index in [-0.39, 0.29) is 12.5 Å². The molecule has 9 heteroatoms. The molecule has 8 nitrogen and oxygen atoms in total. The largest absolute Gasteiger partial charge is 0.481 e. The summed E-state index contributed by atoms with van der Waals surface area (Å²) in [6.07, 6.45) is -1.55. The fourth-order valence-electron chi connectivity index (χ4n) is 1.61. The van der Waals surface area contributed by atoms with Gasteiger partial charge in [0, 0.05) is 0 Å². The standard InChI is InChI=1S/C13H21FN2O6/c1-4-22-13(21)16-11(7(2)3)12(20)15-8(5-10(18)19)9(17)6-14/h7-8,11H,4-6H2,1-3H3,(H,15,20)(H,16,21)(H,18,19)/t8?,11-/m0/s1. The van der Waals surface area contributed by atoms with Crippen molar-refractivity contribution in [2.24, 2.45) is 5.92 Å². The van der Waals surface area contributed by atoms with Crippen LogP contribution in [-0.4, -0.2) is 54.2 Å². The predicted octanol–water partition coefficient (Wildman–Crippen LogP) is 0.255. The van der Waals surface area contributed by atoms with Crippen molar-refractivity contribution in [3.63, 3.8) is 0 Å². The summed E-state index contributed by atoms with van der Waals surface area (Å²) in [5.74, 6) is -3.53. The number of ether oxygens (including phenoxy) is 1. The lowest BCUT2D eigenvalue weighted by Crippen LogP contribution is -2.54. The van der Waals surface area contributed by atoms with Crippen LogP contribution in [0.25, 0.3) is 0 Å². The van der Waals surface area contributed by atoms with Gasteiger partial charge in [0.15, 0.2) is 5.78 Å². The number of carbonyl (C=O) groups excluding carboxylic acids is 3. The van der Waals surface area contributed by atoms with E-state index in [9.17, 15) is 23.6 Å². The second kappa shape index (κ2) is 9.69.